The number of hydrogen-bond donors (Lipinski definition) is 1. The third kappa shape index (κ3) is 3.82. The number of anilines is 1. The first-order valence-corrected chi connectivity index (χ1v) is 8.14. The van der Waals surface area contributed by atoms with E-state index in [0.29, 0.717) is 26.2 Å². The molecule has 2 aliphatic heterocycles. The SMILES string of the molecule is COCC1(C(=O)N2CCN(c3ccc(F)cc3)CC2)CCNC1.Cl. The number of methoxy groups -OCH3 is 1. The minimum absolute atomic E-state index is 0. The van der Waals surface area contributed by atoms with Gasteiger partial charge in [0.1, 0.15) is 5.82 Å². The number of halogens is 2. The van der Waals surface area contributed by atoms with Crippen LogP contribution in [-0.4, -0.2) is 63.8 Å². The van der Waals surface area contributed by atoms with E-state index in [1.165, 1.54) is 12.1 Å². The topological polar surface area (TPSA) is 44.8 Å². The average Bonchev–Trinajstić information content (AvgIpc) is 3.05. The summed E-state index contributed by atoms with van der Waals surface area (Å²) in [6.07, 6.45) is 0.831. The Balaban J connectivity index is 0.00000208. The maximum absolute atomic E-state index is 13.0. The molecule has 1 N–H and O–H groups in total. The monoisotopic (exact) mass is 357 g/mol. The quantitative estimate of drug-likeness (QED) is 0.887. The fraction of sp³-hybridized carbons (Fsp3) is 0.588. The molecule has 5 nitrogen and oxygen atoms in total. The smallest absolute Gasteiger partial charge is 0.232 e. The minimum Gasteiger partial charge on any atom is -0.384 e. The van der Waals surface area contributed by atoms with Crippen LogP contribution in [-0.2, 0) is 9.53 Å². The van der Waals surface area contributed by atoms with E-state index < -0.39 is 5.41 Å². The van der Waals surface area contributed by atoms with E-state index in [4.69, 9.17) is 4.74 Å². The summed E-state index contributed by atoms with van der Waals surface area (Å²) in [5, 5.41) is 3.28. The molecular formula is C17H25ClFN3O2. The summed E-state index contributed by atoms with van der Waals surface area (Å²) in [6, 6.07) is 6.54. The molecule has 1 unspecified atom stereocenters. The molecule has 0 radical (unpaired) electrons. The molecule has 1 aromatic carbocycles. The van der Waals surface area contributed by atoms with Gasteiger partial charge in [-0.15, -0.1) is 12.4 Å². The summed E-state index contributed by atoms with van der Waals surface area (Å²) >= 11 is 0. The number of piperazine rings is 1. The van der Waals surface area contributed by atoms with Gasteiger partial charge in [0.2, 0.25) is 5.91 Å². The lowest BCUT2D eigenvalue weighted by Gasteiger charge is -2.40. The summed E-state index contributed by atoms with van der Waals surface area (Å²) in [5.74, 6) is -0.0269. The molecule has 0 spiro atoms. The van der Waals surface area contributed by atoms with Gasteiger partial charge in [-0.25, -0.2) is 4.39 Å². The van der Waals surface area contributed by atoms with E-state index in [1.54, 1.807) is 19.2 Å². The van der Waals surface area contributed by atoms with E-state index in [9.17, 15) is 9.18 Å². The molecule has 0 aliphatic carbocycles. The number of benzene rings is 1. The van der Waals surface area contributed by atoms with E-state index in [0.717, 1.165) is 31.7 Å². The number of carbonyl (C=O) groups is 1. The van der Waals surface area contributed by atoms with Gasteiger partial charge < -0.3 is 19.9 Å². The van der Waals surface area contributed by atoms with Crippen molar-refractivity contribution in [3.8, 4) is 0 Å². The average molecular weight is 358 g/mol. The van der Waals surface area contributed by atoms with Crippen LogP contribution >= 0.6 is 12.4 Å². The first kappa shape index (κ1) is 19.0. The zero-order chi connectivity index (χ0) is 16.3. The number of nitrogens with one attached hydrogen (secondary N) is 1. The van der Waals surface area contributed by atoms with Crippen molar-refractivity contribution in [3.05, 3.63) is 30.1 Å². The van der Waals surface area contributed by atoms with Crippen LogP contribution in [0.2, 0.25) is 0 Å². The van der Waals surface area contributed by atoms with Gasteiger partial charge in [-0.1, -0.05) is 0 Å². The predicted molar refractivity (Wildman–Crippen MR) is 94.2 cm³/mol. The van der Waals surface area contributed by atoms with Crippen molar-refractivity contribution >= 4 is 24.0 Å². The lowest BCUT2D eigenvalue weighted by molar-refractivity contribution is -0.144. The number of rotatable bonds is 4. The van der Waals surface area contributed by atoms with Gasteiger partial charge in [0, 0.05) is 45.5 Å². The minimum atomic E-state index is -0.410. The lowest BCUT2D eigenvalue weighted by Crippen LogP contribution is -2.55. The van der Waals surface area contributed by atoms with Gasteiger partial charge in [-0.05, 0) is 37.2 Å². The molecule has 1 atom stereocenters. The van der Waals surface area contributed by atoms with Crippen molar-refractivity contribution in [1.82, 2.24) is 10.2 Å². The van der Waals surface area contributed by atoms with Crippen molar-refractivity contribution in [2.75, 3.05) is 57.9 Å². The maximum atomic E-state index is 13.0. The summed E-state index contributed by atoms with van der Waals surface area (Å²) < 4.78 is 18.3. The maximum Gasteiger partial charge on any atom is 0.232 e. The molecule has 2 fully saturated rings. The summed E-state index contributed by atoms with van der Waals surface area (Å²) in [7, 11) is 1.65. The van der Waals surface area contributed by atoms with Crippen LogP contribution in [0.1, 0.15) is 6.42 Å². The molecule has 24 heavy (non-hydrogen) atoms. The number of ether oxygens (including phenoxy) is 1. The van der Waals surface area contributed by atoms with Crippen LogP contribution in [0.25, 0.3) is 0 Å². The van der Waals surface area contributed by atoms with Crippen molar-refractivity contribution < 1.29 is 13.9 Å². The highest BCUT2D eigenvalue weighted by Crippen LogP contribution is 2.29. The third-order valence-electron chi connectivity index (χ3n) is 4.88. The van der Waals surface area contributed by atoms with E-state index in [1.807, 2.05) is 4.90 Å². The molecule has 1 amide bonds. The highest BCUT2D eigenvalue weighted by molar-refractivity contribution is 5.85. The Bertz CT molecular complexity index is 541. The summed E-state index contributed by atoms with van der Waals surface area (Å²) in [6.45, 7) is 4.96. The molecule has 7 heteroatoms. The molecule has 3 rings (SSSR count). The van der Waals surface area contributed by atoms with Crippen molar-refractivity contribution in [2.45, 2.75) is 6.42 Å². The van der Waals surface area contributed by atoms with Crippen molar-refractivity contribution in [3.63, 3.8) is 0 Å². The Morgan fingerprint density at radius 1 is 1.25 bits per heavy atom. The standard InChI is InChI=1S/C17H24FN3O2.ClH/c1-23-13-17(6-7-19-12-17)16(22)21-10-8-20(9-11-21)15-4-2-14(18)3-5-15;/h2-5,19H,6-13H2,1H3;1H. The predicted octanol–water partition coefficient (Wildman–Crippen LogP) is 1.52. The molecule has 0 saturated carbocycles. The number of hydrogen-bond acceptors (Lipinski definition) is 4. The van der Waals surface area contributed by atoms with Gasteiger partial charge in [0.15, 0.2) is 0 Å². The molecule has 134 valence electrons. The molecule has 2 heterocycles. The second-order valence-electron chi connectivity index (χ2n) is 6.40. The van der Waals surface area contributed by atoms with E-state index in [2.05, 4.69) is 10.2 Å². The Hall–Kier alpha value is -1.37. The normalized spacial score (nSPS) is 23.9. The van der Waals surface area contributed by atoms with Crippen LogP contribution in [0.4, 0.5) is 10.1 Å². The van der Waals surface area contributed by atoms with Gasteiger partial charge in [-0.3, -0.25) is 4.79 Å². The first-order valence-electron chi connectivity index (χ1n) is 8.14. The molecular weight excluding hydrogens is 333 g/mol. The van der Waals surface area contributed by atoms with Crippen LogP contribution < -0.4 is 10.2 Å². The zero-order valence-corrected chi connectivity index (χ0v) is 14.8. The van der Waals surface area contributed by atoms with Crippen molar-refractivity contribution in [1.29, 1.82) is 0 Å². The Kier molecular flexibility index (Phi) is 6.43. The largest absolute Gasteiger partial charge is 0.384 e. The van der Waals surface area contributed by atoms with Crippen LogP contribution in [0.3, 0.4) is 0 Å². The lowest BCUT2D eigenvalue weighted by atomic mass is 9.86. The summed E-state index contributed by atoms with van der Waals surface area (Å²) in [5.41, 5.74) is 0.597. The van der Waals surface area contributed by atoms with Gasteiger partial charge in [0.05, 0.1) is 12.0 Å². The second kappa shape index (κ2) is 8.14. The van der Waals surface area contributed by atoms with Crippen LogP contribution in [0, 0.1) is 11.2 Å². The second-order valence-corrected chi connectivity index (χ2v) is 6.40. The molecule has 2 saturated heterocycles. The number of nitrogens with zero attached hydrogens (tertiary/aromatic N) is 2. The van der Waals surface area contributed by atoms with Gasteiger partial charge in [-0.2, -0.15) is 0 Å². The van der Waals surface area contributed by atoms with Gasteiger partial charge in [0.25, 0.3) is 0 Å². The highest BCUT2D eigenvalue weighted by atomic mass is 35.5. The fourth-order valence-corrected chi connectivity index (χ4v) is 3.54. The van der Waals surface area contributed by atoms with Crippen molar-refractivity contribution in [2.24, 2.45) is 5.41 Å². The Labute approximate surface area is 148 Å². The first-order chi connectivity index (χ1) is 11.1. The van der Waals surface area contributed by atoms with Gasteiger partial charge >= 0.3 is 0 Å². The molecule has 2 aliphatic rings. The number of amides is 1. The van der Waals surface area contributed by atoms with E-state index >= 15 is 0 Å². The third-order valence-corrected chi connectivity index (χ3v) is 4.88. The molecule has 0 bridgehead atoms. The van der Waals surface area contributed by atoms with E-state index in [-0.39, 0.29) is 24.1 Å². The summed E-state index contributed by atoms with van der Waals surface area (Å²) in [4.78, 5) is 17.1. The molecule has 1 aromatic rings. The fourth-order valence-electron chi connectivity index (χ4n) is 3.54. The highest BCUT2D eigenvalue weighted by Gasteiger charge is 2.44. The Morgan fingerprint density at radius 2 is 1.92 bits per heavy atom. The van der Waals surface area contributed by atoms with Crippen LogP contribution in [0.15, 0.2) is 24.3 Å². The number of carbonyl (C=O) groups excluding carboxylic acids is 1. The zero-order valence-electron chi connectivity index (χ0n) is 14.0. The van der Waals surface area contributed by atoms with Crippen LogP contribution in [0.5, 0.6) is 0 Å². The molecule has 0 aromatic heterocycles. The Morgan fingerprint density at radius 3 is 2.46 bits per heavy atom.